The Hall–Kier alpha value is -2.31. The Kier molecular flexibility index (Phi) is 5.40. The molecule has 0 saturated carbocycles. The monoisotopic (exact) mass is 373 g/mol. The topological polar surface area (TPSA) is 70.6 Å². The maximum atomic E-state index is 12.1. The van der Waals surface area contributed by atoms with Crippen molar-refractivity contribution in [2.75, 3.05) is 5.32 Å². The van der Waals surface area contributed by atoms with Gasteiger partial charge >= 0.3 is 0 Å². The molecule has 1 fully saturated rings. The predicted octanol–water partition coefficient (Wildman–Crippen LogP) is 3.90. The first kappa shape index (κ1) is 17.5. The summed E-state index contributed by atoms with van der Waals surface area (Å²) < 4.78 is 0. The quantitative estimate of drug-likeness (QED) is 0.853. The molecule has 0 aliphatic carbocycles. The van der Waals surface area contributed by atoms with Crippen molar-refractivity contribution in [1.29, 1.82) is 0 Å². The van der Waals surface area contributed by atoms with Crippen LogP contribution in [0.3, 0.4) is 0 Å². The highest BCUT2D eigenvalue weighted by atomic mass is 35.5. The molecule has 5 nitrogen and oxygen atoms in total. The van der Waals surface area contributed by atoms with Gasteiger partial charge in [0.1, 0.15) is 5.25 Å². The minimum Gasteiger partial charge on any atom is -0.326 e. The van der Waals surface area contributed by atoms with Gasteiger partial charge in [-0.2, -0.15) is 0 Å². The zero-order chi connectivity index (χ0) is 17.8. The Bertz CT molecular complexity index is 836. The largest absolute Gasteiger partial charge is 0.326 e. The number of nitrogens with zero attached hydrogens (tertiary/aromatic N) is 1. The summed E-state index contributed by atoms with van der Waals surface area (Å²) in [5.74, 6) is -0.455. The summed E-state index contributed by atoms with van der Waals surface area (Å²) in [6.45, 7) is 2.00. The van der Waals surface area contributed by atoms with E-state index in [1.807, 2.05) is 31.2 Å². The van der Waals surface area contributed by atoms with Crippen LogP contribution in [0.15, 0.2) is 53.5 Å². The van der Waals surface area contributed by atoms with Crippen molar-refractivity contribution in [1.82, 2.24) is 5.32 Å². The molecule has 2 amide bonds. The standard InChI is InChI=1S/C18H16ClN3O2S/c1-11-5-7-13(8-6-11)21-18-22-17(24)15(25-18)10-16(23)20-14-4-2-3-12(19)9-14/h2-9,15H,10H2,1H3,(H,20,23)(H,21,22,24). The highest BCUT2D eigenvalue weighted by Gasteiger charge is 2.32. The maximum absolute atomic E-state index is 12.1. The number of hydrogen-bond acceptors (Lipinski definition) is 4. The molecule has 0 spiro atoms. The van der Waals surface area contributed by atoms with Crippen LogP contribution in [0.5, 0.6) is 0 Å². The van der Waals surface area contributed by atoms with Crippen molar-refractivity contribution < 1.29 is 9.59 Å². The Morgan fingerprint density at radius 2 is 2.04 bits per heavy atom. The van der Waals surface area contributed by atoms with Crippen molar-refractivity contribution in [3.8, 4) is 0 Å². The van der Waals surface area contributed by atoms with Crippen LogP contribution in [0.1, 0.15) is 12.0 Å². The molecule has 1 heterocycles. The summed E-state index contributed by atoms with van der Waals surface area (Å²) in [7, 11) is 0. The van der Waals surface area contributed by atoms with E-state index in [2.05, 4.69) is 15.6 Å². The molecule has 2 aromatic carbocycles. The van der Waals surface area contributed by atoms with Gasteiger partial charge in [-0.25, -0.2) is 4.99 Å². The average Bonchev–Trinajstić information content (AvgIpc) is 2.89. The Balaban J connectivity index is 1.61. The van der Waals surface area contributed by atoms with Gasteiger partial charge in [0.2, 0.25) is 11.8 Å². The molecule has 7 heteroatoms. The van der Waals surface area contributed by atoms with Crippen LogP contribution in [0.2, 0.25) is 5.02 Å². The lowest BCUT2D eigenvalue weighted by atomic mass is 10.2. The second kappa shape index (κ2) is 7.72. The maximum Gasteiger partial charge on any atom is 0.240 e. The number of carbonyl (C=O) groups excluding carboxylic acids is 2. The first-order chi connectivity index (χ1) is 12.0. The molecular weight excluding hydrogens is 358 g/mol. The number of amides is 2. The molecule has 25 heavy (non-hydrogen) atoms. The SMILES string of the molecule is Cc1ccc(N=C2NC(=O)C(CC(=O)Nc3cccc(Cl)c3)S2)cc1. The first-order valence-corrected chi connectivity index (χ1v) is 8.94. The predicted molar refractivity (Wildman–Crippen MR) is 102 cm³/mol. The molecule has 0 aromatic heterocycles. The molecule has 3 rings (SSSR count). The molecule has 0 bridgehead atoms. The van der Waals surface area contributed by atoms with E-state index in [0.717, 1.165) is 11.3 Å². The Labute approximate surface area is 154 Å². The molecular formula is C18H16ClN3O2S. The zero-order valence-electron chi connectivity index (χ0n) is 13.5. The lowest BCUT2D eigenvalue weighted by molar-refractivity contribution is -0.122. The van der Waals surface area contributed by atoms with E-state index in [1.165, 1.54) is 11.8 Å². The van der Waals surface area contributed by atoms with Gasteiger partial charge in [0, 0.05) is 17.1 Å². The van der Waals surface area contributed by atoms with Gasteiger partial charge in [-0.05, 0) is 37.3 Å². The lowest BCUT2D eigenvalue weighted by Gasteiger charge is -2.07. The molecule has 2 aromatic rings. The van der Waals surface area contributed by atoms with Crippen molar-refractivity contribution in [2.45, 2.75) is 18.6 Å². The summed E-state index contributed by atoms with van der Waals surface area (Å²) in [6, 6.07) is 14.6. The third-order valence-corrected chi connectivity index (χ3v) is 4.84. The molecule has 1 unspecified atom stereocenters. The Morgan fingerprint density at radius 3 is 2.76 bits per heavy atom. The van der Waals surface area contributed by atoms with Crippen LogP contribution in [-0.4, -0.2) is 22.2 Å². The van der Waals surface area contributed by atoms with E-state index in [-0.39, 0.29) is 18.2 Å². The molecule has 1 aliphatic rings. The minimum atomic E-state index is -0.497. The van der Waals surface area contributed by atoms with E-state index < -0.39 is 5.25 Å². The molecule has 1 aliphatic heterocycles. The number of thioether (sulfide) groups is 1. The van der Waals surface area contributed by atoms with E-state index >= 15 is 0 Å². The van der Waals surface area contributed by atoms with E-state index in [0.29, 0.717) is 15.9 Å². The number of benzene rings is 2. The van der Waals surface area contributed by atoms with Gasteiger partial charge in [0.15, 0.2) is 5.17 Å². The molecule has 0 radical (unpaired) electrons. The molecule has 128 valence electrons. The van der Waals surface area contributed by atoms with E-state index in [1.54, 1.807) is 24.3 Å². The summed E-state index contributed by atoms with van der Waals surface area (Å²) in [6.07, 6.45) is 0.0654. The van der Waals surface area contributed by atoms with Crippen LogP contribution in [0, 0.1) is 6.92 Å². The van der Waals surface area contributed by atoms with Crippen LogP contribution >= 0.6 is 23.4 Å². The van der Waals surface area contributed by atoms with E-state index in [9.17, 15) is 9.59 Å². The van der Waals surface area contributed by atoms with Crippen molar-refractivity contribution >= 4 is 51.7 Å². The Morgan fingerprint density at radius 1 is 1.28 bits per heavy atom. The molecule has 1 saturated heterocycles. The van der Waals surface area contributed by atoms with Crippen LogP contribution in [0.25, 0.3) is 0 Å². The normalized spacial score (nSPS) is 18.2. The van der Waals surface area contributed by atoms with Crippen LogP contribution in [0.4, 0.5) is 11.4 Å². The number of nitrogens with one attached hydrogen (secondary N) is 2. The number of hydrogen-bond donors (Lipinski definition) is 2. The van der Waals surface area contributed by atoms with E-state index in [4.69, 9.17) is 11.6 Å². The summed E-state index contributed by atoms with van der Waals surface area (Å²) in [5, 5.41) is 6.01. The van der Waals surface area contributed by atoms with Gasteiger partial charge in [0.05, 0.1) is 5.69 Å². The van der Waals surface area contributed by atoms with Crippen molar-refractivity contribution in [3.63, 3.8) is 0 Å². The second-order valence-corrected chi connectivity index (χ2v) is 7.24. The third kappa shape index (κ3) is 4.84. The molecule has 2 N–H and O–H groups in total. The van der Waals surface area contributed by atoms with Gasteiger partial charge in [-0.1, -0.05) is 47.1 Å². The van der Waals surface area contributed by atoms with Gasteiger partial charge in [0.25, 0.3) is 0 Å². The lowest BCUT2D eigenvalue weighted by Crippen LogP contribution is -2.28. The van der Waals surface area contributed by atoms with Crippen LogP contribution in [-0.2, 0) is 9.59 Å². The number of anilines is 1. The highest BCUT2D eigenvalue weighted by Crippen LogP contribution is 2.26. The highest BCUT2D eigenvalue weighted by molar-refractivity contribution is 8.15. The summed E-state index contributed by atoms with van der Waals surface area (Å²) in [5.41, 5.74) is 2.51. The average molecular weight is 374 g/mol. The van der Waals surface area contributed by atoms with Crippen molar-refractivity contribution in [2.24, 2.45) is 4.99 Å². The third-order valence-electron chi connectivity index (χ3n) is 3.52. The van der Waals surface area contributed by atoms with Gasteiger partial charge in [-0.15, -0.1) is 0 Å². The number of aliphatic imine (C=N–C) groups is 1. The smallest absolute Gasteiger partial charge is 0.240 e. The number of amidine groups is 1. The number of carbonyl (C=O) groups is 2. The second-order valence-electron chi connectivity index (χ2n) is 5.61. The van der Waals surface area contributed by atoms with Crippen LogP contribution < -0.4 is 10.6 Å². The zero-order valence-corrected chi connectivity index (χ0v) is 15.0. The summed E-state index contributed by atoms with van der Waals surface area (Å²) in [4.78, 5) is 28.6. The molecule has 1 atom stereocenters. The van der Waals surface area contributed by atoms with Gasteiger partial charge in [-0.3, -0.25) is 9.59 Å². The summed E-state index contributed by atoms with van der Waals surface area (Å²) >= 11 is 7.15. The fourth-order valence-corrected chi connectivity index (χ4v) is 3.45. The first-order valence-electron chi connectivity index (χ1n) is 7.68. The number of aryl methyl sites for hydroxylation is 1. The number of rotatable bonds is 4. The fraction of sp³-hybridized carbons (Fsp3) is 0.167. The fourth-order valence-electron chi connectivity index (χ4n) is 2.28. The van der Waals surface area contributed by atoms with Gasteiger partial charge < -0.3 is 10.6 Å². The van der Waals surface area contributed by atoms with Crippen molar-refractivity contribution in [3.05, 3.63) is 59.1 Å². The number of halogens is 1. The minimum absolute atomic E-state index is 0.0654.